The van der Waals surface area contributed by atoms with E-state index < -0.39 is 0 Å². The molecule has 3 aliphatic rings. The number of hydrogen-bond acceptors (Lipinski definition) is 8. The van der Waals surface area contributed by atoms with Crippen molar-refractivity contribution in [3.05, 3.63) is 16.0 Å². The number of amidine groups is 1. The molecule has 0 saturated heterocycles. The van der Waals surface area contributed by atoms with Crippen LogP contribution in [0.2, 0.25) is 0 Å². The number of nitrogens with zero attached hydrogens (tertiary/aromatic N) is 4. The van der Waals surface area contributed by atoms with Crippen LogP contribution < -0.4 is 5.32 Å². The monoisotopic (exact) mass is 435 g/mol. The summed E-state index contributed by atoms with van der Waals surface area (Å²) in [5, 5.41) is 13.4. The largest absolute Gasteiger partial charge is 0.300 e. The summed E-state index contributed by atoms with van der Waals surface area (Å²) >= 11 is 4.41. The van der Waals surface area contributed by atoms with Crippen LogP contribution in [0.4, 0.5) is 5.13 Å². The molecule has 1 aromatic rings. The first-order chi connectivity index (χ1) is 13.5. The molecule has 0 radical (unpaired) electrons. The number of anilines is 1. The van der Waals surface area contributed by atoms with Crippen LogP contribution in [0.5, 0.6) is 0 Å². The molecule has 1 saturated carbocycles. The summed E-state index contributed by atoms with van der Waals surface area (Å²) in [4.78, 5) is 34.2. The average Bonchev–Trinajstić information content (AvgIpc) is 3.21. The smallest absolute Gasteiger partial charge is 0.261 e. The molecule has 0 aromatic carbocycles. The normalized spacial score (nSPS) is 21.8. The summed E-state index contributed by atoms with van der Waals surface area (Å²) in [5.41, 5.74) is 0. The molecule has 1 aromatic heterocycles. The van der Waals surface area contributed by atoms with Crippen molar-refractivity contribution in [1.29, 1.82) is 0 Å². The Labute approximate surface area is 176 Å². The van der Waals surface area contributed by atoms with E-state index in [1.165, 1.54) is 34.4 Å². The fourth-order valence-corrected chi connectivity index (χ4v) is 5.67. The van der Waals surface area contributed by atoms with Gasteiger partial charge in [-0.15, -0.1) is 22.0 Å². The highest BCUT2D eigenvalue weighted by Crippen LogP contribution is 2.39. The van der Waals surface area contributed by atoms with Gasteiger partial charge in [0.1, 0.15) is 16.8 Å². The number of carbonyl (C=O) groups is 2. The van der Waals surface area contributed by atoms with E-state index in [-0.39, 0.29) is 23.5 Å². The second-order valence-corrected chi connectivity index (χ2v) is 10.3. The van der Waals surface area contributed by atoms with Gasteiger partial charge in [-0.05, 0) is 23.7 Å². The molecule has 0 bridgehead atoms. The van der Waals surface area contributed by atoms with Gasteiger partial charge in [-0.3, -0.25) is 14.9 Å². The zero-order chi connectivity index (χ0) is 19.7. The van der Waals surface area contributed by atoms with Crippen LogP contribution in [0.15, 0.2) is 21.0 Å². The van der Waals surface area contributed by atoms with Gasteiger partial charge in [0.05, 0.1) is 16.5 Å². The predicted molar refractivity (Wildman–Crippen MR) is 116 cm³/mol. The Bertz CT molecular complexity index is 886. The molecule has 1 atom stereocenters. The SMILES string of the molecule is CC(C)C1=CC2C(=O)N=C(CSCC(=O)Nc3nnc(C4CCC4)s3)N=C2S1. The van der Waals surface area contributed by atoms with E-state index in [1.807, 2.05) is 6.08 Å². The summed E-state index contributed by atoms with van der Waals surface area (Å²) in [6.45, 7) is 4.20. The Kier molecular flexibility index (Phi) is 5.98. The lowest BCUT2D eigenvalue weighted by Crippen LogP contribution is -2.24. The van der Waals surface area contributed by atoms with Gasteiger partial charge in [0.25, 0.3) is 5.91 Å². The van der Waals surface area contributed by atoms with E-state index in [0.29, 0.717) is 28.6 Å². The number of thioether (sulfide) groups is 2. The first kappa shape index (κ1) is 19.8. The van der Waals surface area contributed by atoms with Crippen LogP contribution in [-0.4, -0.2) is 44.4 Å². The van der Waals surface area contributed by atoms with Gasteiger partial charge in [-0.2, -0.15) is 4.99 Å². The Hall–Kier alpha value is -1.52. The number of hydrogen-bond donors (Lipinski definition) is 1. The molecule has 1 fully saturated rings. The molecule has 3 heterocycles. The van der Waals surface area contributed by atoms with E-state index in [0.717, 1.165) is 22.9 Å². The maximum absolute atomic E-state index is 12.3. The number of aromatic nitrogens is 2. The topological polar surface area (TPSA) is 96.7 Å². The third-order valence-electron chi connectivity index (χ3n) is 4.74. The van der Waals surface area contributed by atoms with Crippen LogP contribution in [0.1, 0.15) is 44.0 Å². The number of aliphatic imine (C=N–C) groups is 2. The molecule has 10 heteroatoms. The van der Waals surface area contributed by atoms with Crippen molar-refractivity contribution < 1.29 is 9.59 Å². The Morgan fingerprint density at radius 1 is 1.32 bits per heavy atom. The predicted octanol–water partition coefficient (Wildman–Crippen LogP) is 3.72. The van der Waals surface area contributed by atoms with Crippen molar-refractivity contribution in [2.75, 3.05) is 16.8 Å². The van der Waals surface area contributed by atoms with Crippen LogP contribution in [-0.2, 0) is 9.59 Å². The average molecular weight is 436 g/mol. The fourth-order valence-electron chi connectivity index (χ4n) is 2.94. The van der Waals surface area contributed by atoms with Gasteiger partial charge in [0, 0.05) is 5.92 Å². The molecule has 7 nitrogen and oxygen atoms in total. The van der Waals surface area contributed by atoms with Gasteiger partial charge in [0.15, 0.2) is 0 Å². The van der Waals surface area contributed by atoms with E-state index in [9.17, 15) is 9.59 Å². The van der Waals surface area contributed by atoms with Crippen molar-refractivity contribution in [3.63, 3.8) is 0 Å². The quantitative estimate of drug-likeness (QED) is 0.701. The molecular weight excluding hydrogens is 414 g/mol. The van der Waals surface area contributed by atoms with Gasteiger partial charge in [0.2, 0.25) is 11.0 Å². The third kappa shape index (κ3) is 4.38. The van der Waals surface area contributed by atoms with Crippen molar-refractivity contribution in [2.45, 2.75) is 39.0 Å². The zero-order valence-corrected chi connectivity index (χ0v) is 18.1. The number of allylic oxidation sites excluding steroid dienone is 1. The van der Waals surface area contributed by atoms with Gasteiger partial charge in [-0.25, -0.2) is 4.99 Å². The lowest BCUT2D eigenvalue weighted by Gasteiger charge is -2.21. The van der Waals surface area contributed by atoms with E-state index in [4.69, 9.17) is 0 Å². The second kappa shape index (κ2) is 8.46. The number of amides is 2. The first-order valence-electron chi connectivity index (χ1n) is 9.30. The maximum atomic E-state index is 12.3. The fraction of sp³-hybridized carbons (Fsp3) is 0.556. The number of carbonyl (C=O) groups excluding carboxylic acids is 2. The van der Waals surface area contributed by atoms with Crippen molar-refractivity contribution in [2.24, 2.45) is 21.8 Å². The maximum Gasteiger partial charge on any atom is 0.261 e. The summed E-state index contributed by atoms with van der Waals surface area (Å²) in [6.07, 6.45) is 5.54. The van der Waals surface area contributed by atoms with Gasteiger partial charge >= 0.3 is 0 Å². The van der Waals surface area contributed by atoms with Gasteiger partial charge < -0.3 is 0 Å². The lowest BCUT2D eigenvalue weighted by atomic mass is 9.86. The molecule has 2 aliphatic heterocycles. The number of rotatable bonds is 7. The highest BCUT2D eigenvalue weighted by Gasteiger charge is 2.34. The highest BCUT2D eigenvalue weighted by atomic mass is 32.2. The first-order valence-corrected chi connectivity index (χ1v) is 12.1. The van der Waals surface area contributed by atoms with Gasteiger partial charge in [-0.1, -0.05) is 49.4 Å². The Balaban J connectivity index is 1.25. The molecule has 4 rings (SSSR count). The molecule has 1 aliphatic carbocycles. The molecule has 2 amide bonds. The number of fused-ring (bicyclic) bond motifs is 1. The summed E-state index contributed by atoms with van der Waals surface area (Å²) in [7, 11) is 0. The molecule has 1 N–H and O–H groups in total. The Morgan fingerprint density at radius 2 is 2.14 bits per heavy atom. The molecule has 1 unspecified atom stereocenters. The summed E-state index contributed by atoms with van der Waals surface area (Å²) in [5.74, 6) is 1.45. The van der Waals surface area contributed by atoms with Crippen molar-refractivity contribution in [3.8, 4) is 0 Å². The second-order valence-electron chi connectivity index (χ2n) is 7.23. The minimum atomic E-state index is -0.318. The minimum absolute atomic E-state index is 0.131. The zero-order valence-electron chi connectivity index (χ0n) is 15.7. The van der Waals surface area contributed by atoms with Crippen molar-refractivity contribution >= 4 is 62.7 Å². The third-order valence-corrected chi connectivity index (χ3v) is 8.07. The van der Waals surface area contributed by atoms with Crippen LogP contribution in [0.25, 0.3) is 0 Å². The van der Waals surface area contributed by atoms with Crippen molar-refractivity contribution in [1.82, 2.24) is 10.2 Å². The lowest BCUT2D eigenvalue weighted by molar-refractivity contribution is -0.118. The number of nitrogens with one attached hydrogen (secondary N) is 1. The van der Waals surface area contributed by atoms with E-state index >= 15 is 0 Å². The molecule has 0 spiro atoms. The molecular formula is C18H21N5O2S3. The highest BCUT2D eigenvalue weighted by molar-refractivity contribution is 8.17. The molecule has 28 heavy (non-hydrogen) atoms. The standard InChI is InChI=1S/C18H21N5O2S3/c1-9(2)12-6-11-15(25)19-13(20-17(11)27-12)7-26-8-14(24)21-18-23-22-16(28-18)10-4-3-5-10/h6,9-11H,3-5,7-8H2,1-2H3,(H,21,23,24). The minimum Gasteiger partial charge on any atom is -0.300 e. The van der Waals surface area contributed by atoms with E-state index in [2.05, 4.69) is 39.3 Å². The summed E-state index contributed by atoms with van der Waals surface area (Å²) in [6, 6.07) is 0. The van der Waals surface area contributed by atoms with E-state index in [1.54, 1.807) is 11.8 Å². The Morgan fingerprint density at radius 3 is 2.86 bits per heavy atom. The molecule has 148 valence electrons. The summed E-state index contributed by atoms with van der Waals surface area (Å²) < 4.78 is 0. The van der Waals surface area contributed by atoms with Crippen LogP contribution in [0, 0.1) is 11.8 Å². The van der Waals surface area contributed by atoms with Crippen LogP contribution >= 0.6 is 34.9 Å². The van der Waals surface area contributed by atoms with Crippen LogP contribution in [0.3, 0.4) is 0 Å².